The Morgan fingerprint density at radius 1 is 0.933 bits per heavy atom. The van der Waals surface area contributed by atoms with Gasteiger partial charge in [-0.3, -0.25) is 9.69 Å². The normalized spacial score (nSPS) is 15.1. The number of benzene rings is 3. The molecule has 0 saturated carbocycles. The summed E-state index contributed by atoms with van der Waals surface area (Å²) >= 11 is 5.88. The van der Waals surface area contributed by atoms with Gasteiger partial charge in [0, 0.05) is 10.6 Å². The number of carbonyl (C=O) groups is 2. The number of sulfonamides is 1. The molecule has 1 aliphatic rings. The first-order chi connectivity index (χ1) is 14.3. The maximum atomic E-state index is 13.3. The quantitative estimate of drug-likeness (QED) is 0.552. The summed E-state index contributed by atoms with van der Waals surface area (Å²) in [4.78, 5) is 27.3. The number of aryl methyl sites for hydroxylation is 1. The Kier molecular flexibility index (Phi) is 5.09. The van der Waals surface area contributed by atoms with Crippen LogP contribution in [0.15, 0.2) is 77.7 Å². The fraction of sp³-hybridized carbons (Fsp3) is 0.0909. The highest BCUT2D eigenvalue weighted by Gasteiger charge is 2.43. The van der Waals surface area contributed by atoms with Gasteiger partial charge >= 0.3 is 6.03 Å². The summed E-state index contributed by atoms with van der Waals surface area (Å²) in [6.45, 7) is 1.55. The van der Waals surface area contributed by atoms with Crippen molar-refractivity contribution in [3.05, 3.63) is 88.9 Å². The Morgan fingerprint density at radius 2 is 1.57 bits per heavy atom. The maximum absolute atomic E-state index is 13.3. The largest absolute Gasteiger partial charge is 0.343 e. The molecule has 0 unspecified atom stereocenters. The second-order valence-corrected chi connectivity index (χ2v) is 9.06. The highest BCUT2D eigenvalue weighted by molar-refractivity contribution is 7.94. The number of Topliss-reactive ketones (excluding diaryl/α,β-unsaturated/α-hetero) is 1. The van der Waals surface area contributed by atoms with Crippen LogP contribution in [-0.2, 0) is 10.0 Å². The second-order valence-electron chi connectivity index (χ2n) is 6.87. The lowest BCUT2D eigenvalue weighted by Gasteiger charge is -2.35. The molecule has 0 radical (unpaired) electrons. The van der Waals surface area contributed by atoms with Crippen molar-refractivity contribution in [2.24, 2.45) is 0 Å². The van der Waals surface area contributed by atoms with E-state index in [-0.39, 0.29) is 28.6 Å². The number of anilines is 2. The van der Waals surface area contributed by atoms with Crippen LogP contribution in [0.1, 0.15) is 15.9 Å². The average Bonchev–Trinajstić information content (AvgIpc) is 2.73. The molecule has 0 aromatic heterocycles. The van der Waals surface area contributed by atoms with E-state index in [1.807, 2.05) is 6.92 Å². The molecule has 3 aromatic carbocycles. The highest BCUT2D eigenvalue weighted by Crippen LogP contribution is 2.37. The van der Waals surface area contributed by atoms with Gasteiger partial charge in [-0.05, 0) is 55.5 Å². The zero-order valence-corrected chi connectivity index (χ0v) is 17.5. The lowest BCUT2D eigenvalue weighted by Crippen LogP contribution is -2.52. The monoisotopic (exact) mass is 440 g/mol. The van der Waals surface area contributed by atoms with Crippen molar-refractivity contribution in [3.8, 4) is 0 Å². The van der Waals surface area contributed by atoms with E-state index in [9.17, 15) is 18.0 Å². The van der Waals surface area contributed by atoms with Gasteiger partial charge in [0.1, 0.15) is 4.90 Å². The fourth-order valence-corrected chi connectivity index (χ4v) is 4.98. The third kappa shape index (κ3) is 3.46. The summed E-state index contributed by atoms with van der Waals surface area (Å²) in [5.74, 6) is -0.335. The summed E-state index contributed by atoms with van der Waals surface area (Å²) in [6, 6.07) is 18.2. The van der Waals surface area contributed by atoms with Crippen molar-refractivity contribution < 1.29 is 18.0 Å². The number of rotatable bonds is 4. The molecule has 0 bridgehead atoms. The minimum absolute atomic E-state index is 0.0333. The van der Waals surface area contributed by atoms with Crippen LogP contribution in [0.4, 0.5) is 16.2 Å². The molecule has 0 atom stereocenters. The van der Waals surface area contributed by atoms with E-state index in [1.165, 1.54) is 17.0 Å². The smallest absolute Gasteiger partial charge is 0.292 e. The first-order valence-corrected chi connectivity index (χ1v) is 10.9. The number of nitrogens with zero attached hydrogens (tertiary/aromatic N) is 2. The zero-order chi connectivity index (χ0) is 21.5. The van der Waals surface area contributed by atoms with E-state index < -0.39 is 16.1 Å². The number of carbonyl (C=O) groups excluding carboxylic acids is 2. The molecule has 6 nitrogen and oxygen atoms in total. The molecule has 1 heterocycles. The number of hydrogen-bond donors (Lipinski definition) is 0. The first-order valence-electron chi connectivity index (χ1n) is 9.10. The van der Waals surface area contributed by atoms with E-state index in [4.69, 9.17) is 11.6 Å². The van der Waals surface area contributed by atoms with Crippen molar-refractivity contribution in [2.45, 2.75) is 11.8 Å². The molecule has 3 aromatic rings. The summed E-state index contributed by atoms with van der Waals surface area (Å²) in [5, 5.41) is 0.489. The summed E-state index contributed by atoms with van der Waals surface area (Å²) < 4.78 is 27.2. The van der Waals surface area contributed by atoms with Gasteiger partial charge in [-0.1, -0.05) is 41.4 Å². The highest BCUT2D eigenvalue weighted by atomic mass is 35.5. The summed E-state index contributed by atoms with van der Waals surface area (Å²) in [6.07, 6.45) is 0. The van der Waals surface area contributed by atoms with Crippen molar-refractivity contribution in [1.29, 1.82) is 0 Å². The minimum atomic E-state index is -4.12. The van der Waals surface area contributed by atoms with Crippen LogP contribution in [0.25, 0.3) is 0 Å². The van der Waals surface area contributed by atoms with E-state index in [0.717, 1.165) is 9.87 Å². The van der Waals surface area contributed by atoms with Gasteiger partial charge in [0.25, 0.3) is 10.0 Å². The minimum Gasteiger partial charge on any atom is -0.292 e. The van der Waals surface area contributed by atoms with Crippen LogP contribution in [0.2, 0.25) is 5.02 Å². The van der Waals surface area contributed by atoms with Gasteiger partial charge < -0.3 is 0 Å². The van der Waals surface area contributed by atoms with Crippen LogP contribution in [0.5, 0.6) is 0 Å². The molecule has 1 aliphatic heterocycles. The van der Waals surface area contributed by atoms with E-state index in [1.54, 1.807) is 60.7 Å². The van der Waals surface area contributed by atoms with Gasteiger partial charge in [-0.15, -0.1) is 0 Å². The van der Waals surface area contributed by atoms with Crippen LogP contribution in [-0.4, -0.2) is 26.8 Å². The number of hydrogen-bond acceptors (Lipinski definition) is 4. The van der Waals surface area contributed by atoms with Gasteiger partial charge in [0.15, 0.2) is 5.78 Å². The maximum Gasteiger partial charge on any atom is 0.343 e. The zero-order valence-electron chi connectivity index (χ0n) is 15.9. The molecular weight excluding hydrogens is 424 g/mol. The third-order valence-corrected chi connectivity index (χ3v) is 6.82. The van der Waals surface area contributed by atoms with Crippen molar-refractivity contribution in [1.82, 2.24) is 0 Å². The molecule has 0 fully saturated rings. The van der Waals surface area contributed by atoms with Crippen LogP contribution in [0.3, 0.4) is 0 Å². The van der Waals surface area contributed by atoms with Gasteiger partial charge in [0.2, 0.25) is 0 Å². The lowest BCUT2D eigenvalue weighted by molar-refractivity contribution is 0.0999. The molecule has 152 valence electrons. The first kappa shape index (κ1) is 20.1. The van der Waals surface area contributed by atoms with Crippen LogP contribution >= 0.6 is 11.6 Å². The van der Waals surface area contributed by atoms with Crippen LogP contribution in [0, 0.1) is 6.92 Å². The second kappa shape index (κ2) is 7.59. The third-order valence-electron chi connectivity index (χ3n) is 4.82. The molecule has 4 rings (SSSR count). The Balaban J connectivity index is 1.79. The van der Waals surface area contributed by atoms with Crippen molar-refractivity contribution in [3.63, 3.8) is 0 Å². The predicted octanol–water partition coefficient (Wildman–Crippen LogP) is 4.67. The van der Waals surface area contributed by atoms with Crippen LogP contribution < -0.4 is 9.21 Å². The van der Waals surface area contributed by atoms with E-state index in [2.05, 4.69) is 0 Å². The molecule has 2 amide bonds. The SMILES string of the molecule is Cc1ccc(N2C(=O)N(CC(=O)c3ccc(Cl)cc3)c3ccccc3S2(=O)=O)cc1. The number of urea groups is 1. The number of amides is 2. The van der Waals surface area contributed by atoms with Gasteiger partial charge in [-0.2, -0.15) is 4.31 Å². The Bertz CT molecular complexity index is 1240. The predicted molar refractivity (Wildman–Crippen MR) is 116 cm³/mol. The Morgan fingerprint density at radius 3 is 2.23 bits per heavy atom. The topological polar surface area (TPSA) is 74.8 Å². The Hall–Kier alpha value is -3.16. The van der Waals surface area contributed by atoms with E-state index >= 15 is 0 Å². The molecular formula is C22H17ClN2O4S. The molecule has 8 heteroatoms. The van der Waals surface area contributed by atoms with Crippen molar-refractivity contribution >= 4 is 44.8 Å². The van der Waals surface area contributed by atoms with Gasteiger partial charge in [-0.25, -0.2) is 13.2 Å². The standard InChI is InChI=1S/C22H17ClN2O4S/c1-15-6-12-18(13-7-15)25-22(27)24(14-20(26)16-8-10-17(23)11-9-16)19-4-2-3-5-21(19)30(25,28)29/h2-13H,14H2,1H3. The Labute approximate surface area is 179 Å². The number of halogens is 1. The molecule has 30 heavy (non-hydrogen) atoms. The molecule has 0 spiro atoms. The number of ketones is 1. The van der Waals surface area contributed by atoms with Gasteiger partial charge in [0.05, 0.1) is 17.9 Å². The summed E-state index contributed by atoms with van der Waals surface area (Å²) in [7, 11) is -4.12. The molecule has 0 saturated heterocycles. The lowest BCUT2D eigenvalue weighted by atomic mass is 10.1. The van der Waals surface area contributed by atoms with E-state index in [0.29, 0.717) is 10.6 Å². The van der Waals surface area contributed by atoms with Crippen molar-refractivity contribution in [2.75, 3.05) is 15.7 Å². The molecule has 0 aliphatic carbocycles. The summed E-state index contributed by atoms with van der Waals surface area (Å²) in [5.41, 5.74) is 1.69. The molecule has 0 N–H and O–H groups in total. The number of para-hydroxylation sites is 1. The average molecular weight is 441 g/mol. The number of fused-ring (bicyclic) bond motifs is 1. The fourth-order valence-electron chi connectivity index (χ4n) is 3.26.